The molecular formula is C18H21N3O2S. The van der Waals surface area contributed by atoms with Crippen molar-refractivity contribution in [2.45, 2.75) is 39.2 Å². The first-order valence-corrected chi connectivity index (χ1v) is 8.84. The summed E-state index contributed by atoms with van der Waals surface area (Å²) in [7, 11) is 0. The van der Waals surface area contributed by atoms with Crippen molar-refractivity contribution in [3.8, 4) is 11.3 Å². The minimum absolute atomic E-state index is 0.110. The third kappa shape index (κ3) is 4.00. The number of carbonyl (C=O) groups is 1. The monoisotopic (exact) mass is 343 g/mol. The van der Waals surface area contributed by atoms with Gasteiger partial charge in [0.05, 0.1) is 11.6 Å². The van der Waals surface area contributed by atoms with E-state index >= 15 is 0 Å². The Kier molecular flexibility index (Phi) is 4.66. The zero-order chi connectivity index (χ0) is 17.2. The van der Waals surface area contributed by atoms with E-state index in [9.17, 15) is 4.79 Å². The van der Waals surface area contributed by atoms with E-state index in [4.69, 9.17) is 4.74 Å². The van der Waals surface area contributed by atoms with E-state index in [2.05, 4.69) is 15.5 Å². The SMILES string of the molecule is C/C(C[C@H]1CC(C)(C)OC1=O)=N\Nc1nc(-c2ccccc2)cs1. The molecule has 24 heavy (non-hydrogen) atoms. The topological polar surface area (TPSA) is 63.6 Å². The van der Waals surface area contributed by atoms with Crippen molar-refractivity contribution in [3.05, 3.63) is 35.7 Å². The fourth-order valence-electron chi connectivity index (χ4n) is 2.84. The summed E-state index contributed by atoms with van der Waals surface area (Å²) in [6.45, 7) is 5.80. The number of hydrogen-bond acceptors (Lipinski definition) is 6. The summed E-state index contributed by atoms with van der Waals surface area (Å²) in [6, 6.07) is 10.0. The molecule has 0 radical (unpaired) electrons. The van der Waals surface area contributed by atoms with E-state index in [1.165, 1.54) is 11.3 Å². The minimum Gasteiger partial charge on any atom is -0.459 e. The zero-order valence-electron chi connectivity index (χ0n) is 14.1. The highest BCUT2D eigenvalue weighted by Crippen LogP contribution is 2.32. The second kappa shape index (κ2) is 6.73. The zero-order valence-corrected chi connectivity index (χ0v) is 14.9. The van der Waals surface area contributed by atoms with Crippen LogP contribution in [0.15, 0.2) is 40.8 Å². The number of nitrogens with zero attached hydrogens (tertiary/aromatic N) is 2. The number of thiazole rings is 1. The molecule has 0 spiro atoms. The summed E-state index contributed by atoms with van der Waals surface area (Å²) in [5, 5.41) is 7.09. The summed E-state index contributed by atoms with van der Waals surface area (Å²) < 4.78 is 5.35. The molecule has 5 nitrogen and oxygen atoms in total. The smallest absolute Gasteiger partial charge is 0.310 e. The molecule has 1 aromatic heterocycles. The fourth-order valence-corrected chi connectivity index (χ4v) is 3.50. The standard InChI is InChI=1S/C18H21N3O2S/c1-12(9-14-10-18(2,3)23-16(14)22)20-21-17-19-15(11-24-17)13-7-5-4-6-8-13/h4-8,11,14H,9-10H2,1-3H3,(H,19,21)/b20-12+/t14-/m0/s1. The molecule has 1 N–H and O–H groups in total. The van der Waals surface area contributed by atoms with Crippen LogP contribution < -0.4 is 5.43 Å². The van der Waals surface area contributed by atoms with Crippen LogP contribution in [0.3, 0.4) is 0 Å². The van der Waals surface area contributed by atoms with E-state index in [0.717, 1.165) is 28.5 Å². The van der Waals surface area contributed by atoms with Crippen LogP contribution >= 0.6 is 11.3 Å². The van der Waals surface area contributed by atoms with E-state index in [1.807, 2.05) is 56.5 Å². The molecule has 0 aliphatic carbocycles. The molecule has 6 heteroatoms. The van der Waals surface area contributed by atoms with E-state index < -0.39 is 0 Å². The Morgan fingerprint density at radius 1 is 1.42 bits per heavy atom. The summed E-state index contributed by atoms with van der Waals surface area (Å²) in [5.74, 6) is -0.239. The maximum Gasteiger partial charge on any atom is 0.310 e. The second-order valence-corrected chi connectivity index (χ2v) is 7.51. The summed E-state index contributed by atoms with van der Waals surface area (Å²) in [4.78, 5) is 16.4. The second-order valence-electron chi connectivity index (χ2n) is 6.65. The summed E-state index contributed by atoms with van der Waals surface area (Å²) in [6.07, 6.45) is 1.33. The molecule has 2 aromatic rings. The highest BCUT2D eigenvalue weighted by atomic mass is 32.1. The van der Waals surface area contributed by atoms with Gasteiger partial charge in [-0.25, -0.2) is 4.98 Å². The third-order valence-electron chi connectivity index (χ3n) is 3.91. The van der Waals surface area contributed by atoms with E-state index in [0.29, 0.717) is 6.42 Å². The Labute approximate surface area is 145 Å². The van der Waals surface area contributed by atoms with Gasteiger partial charge in [0, 0.05) is 29.5 Å². The van der Waals surface area contributed by atoms with Crippen LogP contribution in [0.5, 0.6) is 0 Å². The number of anilines is 1. The maximum atomic E-state index is 11.9. The van der Waals surface area contributed by atoms with Gasteiger partial charge in [0.1, 0.15) is 5.60 Å². The number of aromatic nitrogens is 1. The van der Waals surface area contributed by atoms with Crippen LogP contribution in [-0.2, 0) is 9.53 Å². The predicted octanol–water partition coefficient (Wildman–Crippen LogP) is 4.33. The van der Waals surface area contributed by atoms with Gasteiger partial charge in [-0.1, -0.05) is 30.3 Å². The average Bonchev–Trinajstić information content (AvgIpc) is 3.10. The fraction of sp³-hybridized carbons (Fsp3) is 0.389. The van der Waals surface area contributed by atoms with E-state index in [1.54, 1.807) is 0 Å². The van der Waals surface area contributed by atoms with Gasteiger partial charge in [0.2, 0.25) is 5.13 Å². The minimum atomic E-state index is -0.366. The van der Waals surface area contributed by atoms with Crippen molar-refractivity contribution in [2.24, 2.45) is 11.0 Å². The lowest BCUT2D eigenvalue weighted by Gasteiger charge is -2.14. The number of cyclic esters (lactones) is 1. The Hall–Kier alpha value is -2.21. The van der Waals surface area contributed by atoms with Gasteiger partial charge in [-0.05, 0) is 20.8 Å². The first kappa shape index (κ1) is 16.6. The van der Waals surface area contributed by atoms with Crippen LogP contribution in [0, 0.1) is 5.92 Å². The largest absolute Gasteiger partial charge is 0.459 e. The lowest BCUT2D eigenvalue weighted by molar-refractivity contribution is -0.148. The van der Waals surface area contributed by atoms with Gasteiger partial charge in [-0.3, -0.25) is 10.2 Å². The molecule has 0 saturated carbocycles. The summed E-state index contributed by atoms with van der Waals surface area (Å²) >= 11 is 1.51. The normalized spacial score (nSPS) is 20.0. The molecule has 1 aromatic carbocycles. The van der Waals surface area contributed by atoms with Crippen molar-refractivity contribution in [3.63, 3.8) is 0 Å². The molecule has 1 atom stereocenters. The van der Waals surface area contributed by atoms with Gasteiger partial charge < -0.3 is 4.74 Å². The molecule has 0 amide bonds. The average molecular weight is 343 g/mol. The van der Waals surface area contributed by atoms with Gasteiger partial charge in [-0.15, -0.1) is 11.3 Å². The van der Waals surface area contributed by atoms with Crippen molar-refractivity contribution in [2.75, 3.05) is 5.43 Å². The van der Waals surface area contributed by atoms with Gasteiger partial charge in [0.25, 0.3) is 0 Å². The summed E-state index contributed by atoms with van der Waals surface area (Å²) in [5.41, 5.74) is 5.50. The van der Waals surface area contributed by atoms with Gasteiger partial charge in [-0.2, -0.15) is 5.10 Å². The third-order valence-corrected chi connectivity index (χ3v) is 4.65. The number of benzene rings is 1. The highest BCUT2D eigenvalue weighted by molar-refractivity contribution is 7.14. The molecule has 3 rings (SSSR count). The van der Waals surface area contributed by atoms with Crippen LogP contribution in [0.1, 0.15) is 33.6 Å². The van der Waals surface area contributed by atoms with Gasteiger partial charge in [0.15, 0.2) is 0 Å². The van der Waals surface area contributed by atoms with Crippen molar-refractivity contribution < 1.29 is 9.53 Å². The van der Waals surface area contributed by atoms with Gasteiger partial charge >= 0.3 is 5.97 Å². The molecule has 126 valence electrons. The number of hydrogen-bond donors (Lipinski definition) is 1. The Balaban J connectivity index is 1.60. The molecule has 2 heterocycles. The molecule has 1 aliphatic heterocycles. The highest BCUT2D eigenvalue weighted by Gasteiger charge is 2.39. The number of nitrogens with one attached hydrogen (secondary N) is 1. The van der Waals surface area contributed by atoms with Crippen LogP contribution in [0.4, 0.5) is 5.13 Å². The Morgan fingerprint density at radius 2 is 2.17 bits per heavy atom. The molecule has 0 bridgehead atoms. The molecule has 0 unspecified atom stereocenters. The van der Waals surface area contributed by atoms with Crippen LogP contribution in [0.2, 0.25) is 0 Å². The van der Waals surface area contributed by atoms with Crippen molar-refractivity contribution in [1.29, 1.82) is 0 Å². The number of hydrazone groups is 1. The van der Waals surface area contributed by atoms with Crippen molar-refractivity contribution in [1.82, 2.24) is 4.98 Å². The Bertz CT molecular complexity index is 753. The maximum absolute atomic E-state index is 11.9. The number of ether oxygens (including phenoxy) is 1. The lowest BCUT2D eigenvalue weighted by Crippen LogP contribution is -2.17. The lowest BCUT2D eigenvalue weighted by atomic mass is 9.93. The molecule has 1 saturated heterocycles. The Morgan fingerprint density at radius 3 is 2.83 bits per heavy atom. The molecule has 1 fully saturated rings. The van der Waals surface area contributed by atoms with E-state index in [-0.39, 0.29) is 17.5 Å². The van der Waals surface area contributed by atoms with Crippen LogP contribution in [0.25, 0.3) is 11.3 Å². The quantitative estimate of drug-likeness (QED) is 0.498. The first-order valence-electron chi connectivity index (χ1n) is 7.96. The first-order chi connectivity index (χ1) is 11.4. The van der Waals surface area contributed by atoms with Crippen LogP contribution in [-0.4, -0.2) is 22.3 Å². The molecule has 1 aliphatic rings. The number of esters is 1. The number of carbonyl (C=O) groups excluding carboxylic acids is 1. The van der Waals surface area contributed by atoms with Crippen molar-refractivity contribution >= 4 is 28.1 Å². The predicted molar refractivity (Wildman–Crippen MR) is 97.2 cm³/mol. The molecular weight excluding hydrogens is 322 g/mol. The number of rotatable bonds is 5.